The van der Waals surface area contributed by atoms with Gasteiger partial charge in [-0.3, -0.25) is 4.79 Å². The van der Waals surface area contributed by atoms with Crippen molar-refractivity contribution in [1.29, 1.82) is 0 Å². The van der Waals surface area contributed by atoms with Crippen LogP contribution in [0.3, 0.4) is 0 Å². The number of ether oxygens (including phenoxy) is 2. The Bertz CT molecular complexity index is 608. The first-order chi connectivity index (χ1) is 11.1. The zero-order chi connectivity index (χ0) is 16.4. The number of carbonyl (C=O) groups is 1. The van der Waals surface area contributed by atoms with E-state index in [9.17, 15) is 9.18 Å². The molecule has 2 aliphatic rings. The molecule has 3 rings (SSSR count). The van der Waals surface area contributed by atoms with Gasteiger partial charge < -0.3 is 20.1 Å². The molecule has 1 aliphatic carbocycles. The van der Waals surface area contributed by atoms with Crippen LogP contribution in [0.15, 0.2) is 12.1 Å². The second kappa shape index (κ2) is 6.35. The van der Waals surface area contributed by atoms with E-state index < -0.39 is 11.2 Å². The number of nitrogens with one attached hydrogen (secondary N) is 2. The molecule has 0 unspecified atom stereocenters. The minimum atomic E-state index is -0.522. The fourth-order valence-corrected chi connectivity index (χ4v) is 3.89. The molecule has 1 saturated heterocycles. The minimum Gasteiger partial charge on any atom is -0.493 e. The van der Waals surface area contributed by atoms with Crippen molar-refractivity contribution in [3.63, 3.8) is 0 Å². The molecule has 2 fully saturated rings. The molecule has 2 atom stereocenters. The summed E-state index contributed by atoms with van der Waals surface area (Å²) in [6.45, 7) is 1.53. The SMILES string of the molecule is COc1cc(F)c(NC(=O)[C@@]23CCCC[C@H]2CNC3)cc1OC. The van der Waals surface area contributed by atoms with Crippen molar-refractivity contribution in [2.45, 2.75) is 25.7 Å². The summed E-state index contributed by atoms with van der Waals surface area (Å²) in [4.78, 5) is 12.9. The van der Waals surface area contributed by atoms with E-state index in [1.165, 1.54) is 26.4 Å². The van der Waals surface area contributed by atoms with Gasteiger partial charge in [0.05, 0.1) is 25.3 Å². The van der Waals surface area contributed by atoms with Crippen LogP contribution in [0.25, 0.3) is 0 Å². The predicted molar refractivity (Wildman–Crippen MR) is 85.4 cm³/mol. The van der Waals surface area contributed by atoms with Crippen molar-refractivity contribution in [1.82, 2.24) is 5.32 Å². The highest BCUT2D eigenvalue weighted by atomic mass is 19.1. The van der Waals surface area contributed by atoms with Crippen LogP contribution in [-0.2, 0) is 4.79 Å². The Kier molecular flexibility index (Phi) is 4.43. The van der Waals surface area contributed by atoms with Gasteiger partial charge in [0.2, 0.25) is 5.91 Å². The molecule has 5 nitrogen and oxygen atoms in total. The average Bonchev–Trinajstić information content (AvgIpc) is 3.01. The van der Waals surface area contributed by atoms with Gasteiger partial charge in [0.1, 0.15) is 0 Å². The third-order valence-corrected chi connectivity index (χ3v) is 5.21. The number of benzene rings is 1. The number of carbonyl (C=O) groups excluding carboxylic acids is 1. The lowest BCUT2D eigenvalue weighted by atomic mass is 9.67. The van der Waals surface area contributed by atoms with E-state index in [0.29, 0.717) is 24.0 Å². The highest BCUT2D eigenvalue weighted by Crippen LogP contribution is 2.45. The second-order valence-corrected chi connectivity index (χ2v) is 6.37. The number of fused-ring (bicyclic) bond motifs is 1. The number of anilines is 1. The van der Waals surface area contributed by atoms with E-state index in [1.807, 2.05) is 0 Å². The van der Waals surface area contributed by atoms with Crippen LogP contribution in [0.5, 0.6) is 11.5 Å². The first kappa shape index (κ1) is 16.1. The topological polar surface area (TPSA) is 59.6 Å². The maximum atomic E-state index is 14.3. The van der Waals surface area contributed by atoms with Crippen LogP contribution < -0.4 is 20.1 Å². The molecule has 0 radical (unpaired) electrons. The van der Waals surface area contributed by atoms with Crippen LogP contribution in [0.2, 0.25) is 0 Å². The Morgan fingerprint density at radius 2 is 2.04 bits per heavy atom. The van der Waals surface area contributed by atoms with Gasteiger partial charge in [-0.25, -0.2) is 4.39 Å². The van der Waals surface area contributed by atoms with Crippen molar-refractivity contribution in [3.05, 3.63) is 17.9 Å². The summed E-state index contributed by atoms with van der Waals surface area (Å²) in [7, 11) is 2.93. The molecule has 23 heavy (non-hydrogen) atoms. The molecular formula is C17H23FN2O3. The summed E-state index contributed by atoms with van der Waals surface area (Å²) < 4.78 is 24.5. The third kappa shape index (κ3) is 2.76. The van der Waals surface area contributed by atoms with Gasteiger partial charge in [-0.1, -0.05) is 12.8 Å². The van der Waals surface area contributed by atoms with Crippen LogP contribution in [0.1, 0.15) is 25.7 Å². The normalized spacial score (nSPS) is 26.5. The molecule has 126 valence electrons. The lowest BCUT2D eigenvalue weighted by molar-refractivity contribution is -0.128. The van der Waals surface area contributed by atoms with E-state index >= 15 is 0 Å². The molecule has 0 bridgehead atoms. The van der Waals surface area contributed by atoms with Crippen molar-refractivity contribution < 1.29 is 18.7 Å². The summed E-state index contributed by atoms with van der Waals surface area (Å²) in [6.07, 6.45) is 4.10. The van der Waals surface area contributed by atoms with Crippen LogP contribution in [0, 0.1) is 17.2 Å². The average molecular weight is 322 g/mol. The molecule has 1 heterocycles. The van der Waals surface area contributed by atoms with Crippen molar-refractivity contribution in [2.75, 3.05) is 32.6 Å². The Hall–Kier alpha value is -1.82. The van der Waals surface area contributed by atoms with E-state index in [1.54, 1.807) is 0 Å². The van der Waals surface area contributed by atoms with E-state index in [-0.39, 0.29) is 11.6 Å². The van der Waals surface area contributed by atoms with E-state index in [4.69, 9.17) is 9.47 Å². The van der Waals surface area contributed by atoms with Gasteiger partial charge in [0.15, 0.2) is 17.3 Å². The number of methoxy groups -OCH3 is 2. The van der Waals surface area contributed by atoms with Gasteiger partial charge in [0.25, 0.3) is 0 Å². The monoisotopic (exact) mass is 322 g/mol. The molecule has 0 aromatic heterocycles. The van der Waals surface area contributed by atoms with Crippen LogP contribution in [0.4, 0.5) is 10.1 Å². The van der Waals surface area contributed by atoms with Gasteiger partial charge in [-0.2, -0.15) is 0 Å². The number of hydrogen-bond donors (Lipinski definition) is 2. The summed E-state index contributed by atoms with van der Waals surface area (Å²) >= 11 is 0. The summed E-state index contributed by atoms with van der Waals surface area (Å²) in [5, 5.41) is 6.11. The standard InChI is InChI=1S/C17H23FN2O3/c1-22-14-7-12(18)13(8-15(14)23-2)20-16(21)17-6-4-3-5-11(17)9-19-10-17/h7-8,11,19H,3-6,9-10H2,1-2H3,(H,20,21)/t11-,17+/m0/s1. The fourth-order valence-electron chi connectivity index (χ4n) is 3.89. The molecular weight excluding hydrogens is 299 g/mol. The molecule has 1 amide bonds. The second-order valence-electron chi connectivity index (χ2n) is 6.37. The van der Waals surface area contributed by atoms with Gasteiger partial charge in [-0.15, -0.1) is 0 Å². The first-order valence-corrected chi connectivity index (χ1v) is 8.04. The Balaban J connectivity index is 1.85. The lowest BCUT2D eigenvalue weighted by Crippen LogP contribution is -2.44. The quantitative estimate of drug-likeness (QED) is 0.894. The minimum absolute atomic E-state index is 0.0988. The van der Waals surface area contributed by atoms with Crippen LogP contribution in [-0.4, -0.2) is 33.2 Å². The maximum Gasteiger partial charge on any atom is 0.232 e. The van der Waals surface area contributed by atoms with Crippen molar-refractivity contribution in [3.8, 4) is 11.5 Å². The Morgan fingerprint density at radius 1 is 1.30 bits per heavy atom. The molecule has 1 aliphatic heterocycles. The maximum absolute atomic E-state index is 14.3. The third-order valence-electron chi connectivity index (χ3n) is 5.21. The fraction of sp³-hybridized carbons (Fsp3) is 0.588. The molecule has 1 saturated carbocycles. The van der Waals surface area contributed by atoms with Gasteiger partial charge >= 0.3 is 0 Å². The molecule has 1 aromatic carbocycles. The summed E-state index contributed by atoms with van der Waals surface area (Å²) in [6, 6.07) is 2.71. The smallest absolute Gasteiger partial charge is 0.232 e. The van der Waals surface area contributed by atoms with Crippen LogP contribution >= 0.6 is 0 Å². The Morgan fingerprint density at radius 3 is 2.78 bits per heavy atom. The summed E-state index contributed by atoms with van der Waals surface area (Å²) in [5.41, 5.74) is -0.282. The van der Waals surface area contributed by atoms with Crippen molar-refractivity contribution >= 4 is 11.6 Å². The van der Waals surface area contributed by atoms with E-state index in [0.717, 1.165) is 32.2 Å². The van der Waals surface area contributed by atoms with E-state index in [2.05, 4.69) is 10.6 Å². The number of hydrogen-bond acceptors (Lipinski definition) is 4. The number of halogens is 1. The predicted octanol–water partition coefficient (Wildman–Crippen LogP) is 2.56. The van der Waals surface area contributed by atoms with Gasteiger partial charge in [0, 0.05) is 18.7 Å². The lowest BCUT2D eigenvalue weighted by Gasteiger charge is -2.37. The highest BCUT2D eigenvalue weighted by Gasteiger charge is 2.49. The zero-order valence-corrected chi connectivity index (χ0v) is 13.6. The molecule has 0 spiro atoms. The van der Waals surface area contributed by atoms with Crippen molar-refractivity contribution in [2.24, 2.45) is 11.3 Å². The highest BCUT2D eigenvalue weighted by molar-refractivity contribution is 5.96. The molecule has 2 N–H and O–H groups in total. The number of rotatable bonds is 4. The van der Waals surface area contributed by atoms with Gasteiger partial charge in [-0.05, 0) is 25.3 Å². The zero-order valence-electron chi connectivity index (χ0n) is 13.6. The Labute approximate surface area is 135 Å². The molecule has 1 aromatic rings. The molecule has 6 heteroatoms. The first-order valence-electron chi connectivity index (χ1n) is 8.04. The summed E-state index contributed by atoms with van der Waals surface area (Å²) in [5.74, 6) is 0.411. The largest absolute Gasteiger partial charge is 0.493 e. The number of amides is 1.